The Hall–Kier alpha value is -3.56. The van der Waals surface area contributed by atoms with E-state index in [1.807, 2.05) is 32.5 Å². The number of aromatic nitrogens is 4. The number of H-pyrrole nitrogens is 2. The topological polar surface area (TPSA) is 95.3 Å². The van der Waals surface area contributed by atoms with Crippen LogP contribution in [-0.2, 0) is 16.7 Å². The van der Waals surface area contributed by atoms with Gasteiger partial charge < -0.3 is 19.1 Å². The van der Waals surface area contributed by atoms with E-state index in [2.05, 4.69) is 56.2 Å². The van der Waals surface area contributed by atoms with Crippen molar-refractivity contribution in [1.82, 2.24) is 24.8 Å². The molecule has 3 aliphatic rings. The number of allylic oxidation sites excluding steroid dienone is 1. The van der Waals surface area contributed by atoms with Gasteiger partial charge in [0, 0.05) is 36.3 Å². The number of para-hydroxylation sites is 1. The first-order chi connectivity index (χ1) is 19.9. The lowest BCUT2D eigenvalue weighted by Gasteiger charge is -2.52. The molecule has 4 unspecified atom stereocenters. The zero-order chi connectivity index (χ0) is 28.3. The number of hydrogen-bond acceptors (Lipinski definition) is 6. The van der Waals surface area contributed by atoms with Crippen molar-refractivity contribution in [3.05, 3.63) is 83.2 Å². The molecule has 4 atom stereocenters. The second kappa shape index (κ2) is 10.1. The van der Waals surface area contributed by atoms with Crippen LogP contribution < -0.4 is 0 Å². The number of hydrogen-bond donors (Lipinski definition) is 2. The number of likely N-dealkylation sites (N-methyl/N-ethyl adjacent to an activating group) is 1. The van der Waals surface area contributed by atoms with Gasteiger partial charge in [-0.25, -0.2) is 14.4 Å². The summed E-state index contributed by atoms with van der Waals surface area (Å²) in [5.74, 6) is 2.65. The molecule has 0 radical (unpaired) electrons. The molecule has 0 saturated heterocycles. The Morgan fingerprint density at radius 3 is 2.59 bits per heavy atom. The molecule has 2 aliphatic heterocycles. The lowest BCUT2D eigenvalue weighted by molar-refractivity contribution is -0.0277. The lowest BCUT2D eigenvalue weighted by atomic mass is 9.66. The van der Waals surface area contributed by atoms with E-state index >= 15 is 0 Å². The summed E-state index contributed by atoms with van der Waals surface area (Å²) in [6.07, 6.45) is 11.1. The van der Waals surface area contributed by atoms with Gasteiger partial charge in [-0.3, -0.25) is 9.89 Å². The summed E-state index contributed by atoms with van der Waals surface area (Å²) in [7, 11) is 4.01. The van der Waals surface area contributed by atoms with E-state index < -0.39 is 11.7 Å². The van der Waals surface area contributed by atoms with Crippen molar-refractivity contribution in [2.24, 2.45) is 10.9 Å². The summed E-state index contributed by atoms with van der Waals surface area (Å²) in [5.41, 5.74) is 4.36. The molecule has 0 bridgehead atoms. The van der Waals surface area contributed by atoms with Crippen LogP contribution in [0, 0.1) is 12.8 Å². The van der Waals surface area contributed by atoms with E-state index in [-0.39, 0.29) is 24.1 Å². The Morgan fingerprint density at radius 1 is 1.05 bits per heavy atom. The number of fused-ring (bicyclic) bond motifs is 3. The van der Waals surface area contributed by atoms with Crippen molar-refractivity contribution in [1.29, 1.82) is 0 Å². The fraction of sp³-hybridized carbons (Fsp3) is 0.469. The summed E-state index contributed by atoms with van der Waals surface area (Å²) in [4.78, 5) is 24.0. The highest BCUT2D eigenvalue weighted by Gasteiger charge is 2.56. The number of halogens is 1. The van der Waals surface area contributed by atoms with E-state index in [1.54, 1.807) is 13.0 Å². The summed E-state index contributed by atoms with van der Waals surface area (Å²) in [6, 6.07) is 8.21. The van der Waals surface area contributed by atoms with Gasteiger partial charge in [-0.15, -0.1) is 0 Å². The molecule has 1 fully saturated rings. The summed E-state index contributed by atoms with van der Waals surface area (Å²) in [5, 5.41) is 1.22. The average Bonchev–Trinajstić information content (AvgIpc) is 3.73. The third-order valence-electron chi connectivity index (χ3n) is 9.66. The van der Waals surface area contributed by atoms with Gasteiger partial charge in [0.2, 0.25) is 0 Å². The molecular weight excluding hydrogens is 519 g/mol. The van der Waals surface area contributed by atoms with Crippen molar-refractivity contribution < 1.29 is 13.5 Å². The number of nitrogens with one attached hydrogen (secondary N) is 2. The molecule has 0 amide bonds. The van der Waals surface area contributed by atoms with Gasteiger partial charge in [-0.05, 0) is 69.7 Å². The smallest absolute Gasteiger partial charge is 0.191 e. The van der Waals surface area contributed by atoms with Gasteiger partial charge in [-0.2, -0.15) is 0 Å². The summed E-state index contributed by atoms with van der Waals surface area (Å²) in [6.45, 7) is 3.64. The molecule has 9 heteroatoms. The molecule has 214 valence electrons. The number of aromatic amines is 2. The van der Waals surface area contributed by atoms with Crippen molar-refractivity contribution in [3.8, 4) is 0 Å². The predicted molar refractivity (Wildman–Crippen MR) is 156 cm³/mol. The number of alkyl halides is 1. The molecule has 0 spiro atoms. The molecule has 1 saturated carbocycles. The molecular formula is C32H37FN6O2. The first kappa shape index (κ1) is 26.3. The molecule has 3 aromatic heterocycles. The maximum absolute atomic E-state index is 14.0. The number of benzene rings is 1. The van der Waals surface area contributed by atoms with E-state index in [0.717, 1.165) is 54.9 Å². The van der Waals surface area contributed by atoms with Crippen LogP contribution in [0.3, 0.4) is 0 Å². The quantitative estimate of drug-likeness (QED) is 0.282. The highest BCUT2D eigenvalue weighted by molar-refractivity contribution is 5.89. The van der Waals surface area contributed by atoms with Crippen LogP contribution >= 0.6 is 0 Å². The monoisotopic (exact) mass is 556 g/mol. The van der Waals surface area contributed by atoms with E-state index in [0.29, 0.717) is 11.6 Å². The number of aliphatic imine (C=N–C) groups is 1. The molecule has 5 heterocycles. The largest absolute Gasteiger partial charge is 0.444 e. The number of rotatable bonds is 5. The lowest BCUT2D eigenvalue weighted by Crippen LogP contribution is -2.56. The van der Waals surface area contributed by atoms with Crippen molar-refractivity contribution >= 4 is 16.6 Å². The second-order valence-electron chi connectivity index (χ2n) is 11.8. The Bertz CT molecular complexity index is 1630. The van der Waals surface area contributed by atoms with Gasteiger partial charge in [-0.1, -0.05) is 24.3 Å². The third-order valence-corrected chi connectivity index (χ3v) is 9.66. The summed E-state index contributed by atoms with van der Waals surface area (Å²) >= 11 is 0. The van der Waals surface area contributed by atoms with Crippen molar-refractivity contribution in [2.75, 3.05) is 14.2 Å². The molecule has 2 N–H and O–H groups in total. The van der Waals surface area contributed by atoms with Gasteiger partial charge in [0.15, 0.2) is 17.8 Å². The number of imidazole rings is 1. The molecule has 4 aromatic rings. The molecule has 7 rings (SSSR count). The number of nitrogens with zero attached hydrogens (tertiary/aromatic N) is 4. The van der Waals surface area contributed by atoms with Crippen LogP contribution in [0.5, 0.6) is 0 Å². The van der Waals surface area contributed by atoms with Gasteiger partial charge in [0.1, 0.15) is 17.4 Å². The normalized spacial score (nSPS) is 30.5. The highest BCUT2D eigenvalue weighted by Crippen LogP contribution is 2.55. The second-order valence-corrected chi connectivity index (χ2v) is 11.8. The minimum Gasteiger partial charge on any atom is -0.444 e. The van der Waals surface area contributed by atoms with Crippen LogP contribution in [0.15, 0.2) is 58.2 Å². The SMILES string of the molecule is COC1CCC(C2(c3cnc(C)o3)c3[nH]c4ccccc4c3CC(c3ncc(C4C=CC(F)C(C)=N4)[nH]3)N2C)CC1. The average molecular weight is 557 g/mol. The fourth-order valence-electron chi connectivity index (χ4n) is 7.53. The van der Waals surface area contributed by atoms with Crippen LogP contribution in [-0.4, -0.2) is 57.0 Å². The number of dihydropyridines is 1. The maximum atomic E-state index is 14.0. The Labute approximate surface area is 239 Å². The standard InChI is InChI=1S/C32H37FN6O2/c1-18-24(33)13-14-26(36-18)27-16-35-31(38-27)28-15-23-22-7-5-6-8-25(22)37-30(23)32(39(28)3,29-17-34-19(2)41-29)20-9-11-21(40-4)12-10-20/h5-8,13-14,16-17,20-21,24,26,28,37H,9-12,15H2,1-4H3,(H,35,38). The highest BCUT2D eigenvalue weighted by atomic mass is 19.1. The number of aryl methyl sites for hydroxylation is 1. The number of methoxy groups -OCH3 is 1. The van der Waals surface area contributed by atoms with Crippen molar-refractivity contribution in [2.45, 2.75) is 75.8 Å². The van der Waals surface area contributed by atoms with Gasteiger partial charge >= 0.3 is 0 Å². The minimum absolute atomic E-state index is 0.0624. The maximum Gasteiger partial charge on any atom is 0.191 e. The van der Waals surface area contributed by atoms with Gasteiger partial charge in [0.25, 0.3) is 0 Å². The molecule has 8 nitrogen and oxygen atoms in total. The summed E-state index contributed by atoms with van der Waals surface area (Å²) < 4.78 is 26.3. The first-order valence-corrected chi connectivity index (χ1v) is 14.6. The zero-order valence-corrected chi connectivity index (χ0v) is 24.0. The fourth-order valence-corrected chi connectivity index (χ4v) is 7.53. The number of oxazole rings is 1. The van der Waals surface area contributed by atoms with Crippen LogP contribution in [0.2, 0.25) is 0 Å². The Morgan fingerprint density at radius 2 is 1.85 bits per heavy atom. The molecule has 1 aromatic carbocycles. The van der Waals surface area contributed by atoms with Crippen LogP contribution in [0.4, 0.5) is 4.39 Å². The molecule has 1 aliphatic carbocycles. The third kappa shape index (κ3) is 4.12. The van der Waals surface area contributed by atoms with E-state index in [1.165, 1.54) is 16.6 Å². The Balaban J connectivity index is 1.39. The minimum atomic E-state index is -1.13. The Kier molecular flexibility index (Phi) is 6.47. The van der Waals surface area contributed by atoms with Crippen molar-refractivity contribution in [3.63, 3.8) is 0 Å². The molecule has 41 heavy (non-hydrogen) atoms. The van der Waals surface area contributed by atoms with E-state index in [4.69, 9.17) is 14.1 Å². The first-order valence-electron chi connectivity index (χ1n) is 14.6. The van der Waals surface area contributed by atoms with E-state index in [9.17, 15) is 4.39 Å². The number of ether oxygens (including phenoxy) is 1. The van der Waals surface area contributed by atoms with Crippen LogP contribution in [0.25, 0.3) is 10.9 Å². The van der Waals surface area contributed by atoms with Gasteiger partial charge in [0.05, 0.1) is 30.2 Å². The predicted octanol–water partition coefficient (Wildman–Crippen LogP) is 6.28. The zero-order valence-electron chi connectivity index (χ0n) is 24.0. The van der Waals surface area contributed by atoms with Crippen LogP contribution in [0.1, 0.15) is 79.1 Å².